The van der Waals surface area contributed by atoms with Gasteiger partial charge in [0.05, 0.1) is 0 Å². The molecule has 5 heteroatoms. The number of nitrogens with two attached hydrogens (primary N) is 1. The first-order valence-corrected chi connectivity index (χ1v) is 5.82. The highest BCUT2D eigenvalue weighted by Crippen LogP contribution is 2.24. The molecule has 2 heterocycles. The second-order valence-electron chi connectivity index (χ2n) is 3.13. The predicted molar refractivity (Wildman–Crippen MR) is 65.8 cm³/mol. The maximum atomic E-state index is 5.39. The third-order valence-corrected chi connectivity index (χ3v) is 3.13. The highest BCUT2D eigenvalue weighted by molar-refractivity contribution is 7.98. The second kappa shape index (κ2) is 5.48. The molecule has 0 bridgehead atoms. The summed E-state index contributed by atoms with van der Waals surface area (Å²) < 4.78 is 0. The van der Waals surface area contributed by atoms with Crippen molar-refractivity contribution in [2.45, 2.75) is 10.6 Å². The largest absolute Gasteiger partial charge is 0.308 e. The summed E-state index contributed by atoms with van der Waals surface area (Å²) in [5, 5.41) is 0. The molecule has 16 heavy (non-hydrogen) atoms. The first-order valence-electron chi connectivity index (χ1n) is 4.83. The van der Waals surface area contributed by atoms with E-state index in [-0.39, 0.29) is 0 Å². The van der Waals surface area contributed by atoms with Gasteiger partial charge in [-0.3, -0.25) is 4.98 Å². The lowest BCUT2D eigenvalue weighted by Crippen LogP contribution is -2.10. The van der Waals surface area contributed by atoms with Crippen LogP contribution in [-0.4, -0.2) is 9.97 Å². The number of rotatable bonds is 4. The van der Waals surface area contributed by atoms with Gasteiger partial charge in [0.1, 0.15) is 5.82 Å². The molecule has 2 aromatic rings. The van der Waals surface area contributed by atoms with Crippen molar-refractivity contribution >= 4 is 17.6 Å². The summed E-state index contributed by atoms with van der Waals surface area (Å²) in [6.07, 6.45) is 5.29. The Morgan fingerprint density at radius 3 is 2.75 bits per heavy atom. The number of nitrogens with one attached hydrogen (secondary N) is 1. The Labute approximate surface area is 98.3 Å². The van der Waals surface area contributed by atoms with Gasteiger partial charge in [0.25, 0.3) is 0 Å². The van der Waals surface area contributed by atoms with Gasteiger partial charge in [-0.1, -0.05) is 6.07 Å². The van der Waals surface area contributed by atoms with Gasteiger partial charge in [-0.15, -0.1) is 11.8 Å². The van der Waals surface area contributed by atoms with E-state index < -0.39 is 0 Å². The fourth-order valence-electron chi connectivity index (χ4n) is 1.28. The smallest absolute Gasteiger partial charge is 0.143 e. The molecule has 0 atom stereocenters. The predicted octanol–water partition coefficient (Wildman–Crippen LogP) is 2.05. The molecule has 0 amide bonds. The number of nitrogens with zero attached hydrogens (tertiary/aromatic N) is 2. The van der Waals surface area contributed by atoms with E-state index in [1.165, 1.54) is 4.90 Å². The molecule has 3 N–H and O–H groups in total. The molecule has 82 valence electrons. The molecule has 0 spiro atoms. The van der Waals surface area contributed by atoms with Crippen LogP contribution in [0.4, 0.5) is 5.82 Å². The summed E-state index contributed by atoms with van der Waals surface area (Å²) in [5.41, 5.74) is 3.68. The molecule has 0 fully saturated rings. The first-order chi connectivity index (χ1) is 7.90. The van der Waals surface area contributed by atoms with Crippen LogP contribution < -0.4 is 11.3 Å². The normalized spacial score (nSPS) is 10.1. The van der Waals surface area contributed by atoms with E-state index in [9.17, 15) is 0 Å². The Balaban J connectivity index is 2.05. The number of hydrogen-bond donors (Lipinski definition) is 2. The molecule has 0 aliphatic heterocycles. The van der Waals surface area contributed by atoms with Crippen molar-refractivity contribution in [3.63, 3.8) is 0 Å². The molecule has 0 radical (unpaired) electrons. The van der Waals surface area contributed by atoms with Crippen molar-refractivity contribution in [3.05, 3.63) is 48.4 Å². The van der Waals surface area contributed by atoms with E-state index in [2.05, 4.69) is 15.4 Å². The zero-order valence-electron chi connectivity index (χ0n) is 8.63. The van der Waals surface area contributed by atoms with Crippen LogP contribution in [0.15, 0.2) is 47.8 Å². The van der Waals surface area contributed by atoms with Gasteiger partial charge in [0.2, 0.25) is 0 Å². The lowest BCUT2D eigenvalue weighted by molar-refractivity contribution is 1.18. The van der Waals surface area contributed by atoms with Crippen molar-refractivity contribution < 1.29 is 0 Å². The average Bonchev–Trinajstić information content (AvgIpc) is 2.38. The number of hydrazine groups is 1. The molecule has 2 aromatic heterocycles. The van der Waals surface area contributed by atoms with Gasteiger partial charge in [0, 0.05) is 34.8 Å². The van der Waals surface area contributed by atoms with E-state index in [0.29, 0.717) is 0 Å². The van der Waals surface area contributed by atoms with E-state index >= 15 is 0 Å². The highest BCUT2D eigenvalue weighted by atomic mass is 32.2. The molecular weight excluding hydrogens is 220 g/mol. The van der Waals surface area contributed by atoms with E-state index in [0.717, 1.165) is 17.1 Å². The van der Waals surface area contributed by atoms with Crippen LogP contribution in [-0.2, 0) is 5.75 Å². The Morgan fingerprint density at radius 2 is 2.00 bits per heavy atom. The van der Waals surface area contributed by atoms with E-state index in [4.69, 9.17) is 5.84 Å². The van der Waals surface area contributed by atoms with E-state index in [1.807, 2.05) is 24.3 Å². The number of pyridine rings is 2. The fraction of sp³-hybridized carbons (Fsp3) is 0.0909. The Bertz CT molecular complexity index is 447. The van der Waals surface area contributed by atoms with Crippen molar-refractivity contribution in [3.8, 4) is 0 Å². The Kier molecular flexibility index (Phi) is 3.74. The van der Waals surface area contributed by atoms with Crippen molar-refractivity contribution in [1.82, 2.24) is 9.97 Å². The van der Waals surface area contributed by atoms with Crippen LogP contribution in [0.2, 0.25) is 0 Å². The van der Waals surface area contributed by atoms with Crippen LogP contribution in [0, 0.1) is 0 Å². The Hall–Kier alpha value is -1.59. The topological polar surface area (TPSA) is 63.8 Å². The molecule has 0 aliphatic carbocycles. The van der Waals surface area contributed by atoms with Crippen LogP contribution in [0.3, 0.4) is 0 Å². The maximum Gasteiger partial charge on any atom is 0.143 e. The minimum atomic E-state index is 0.726. The number of aromatic nitrogens is 2. The molecule has 0 aromatic carbocycles. The third-order valence-electron chi connectivity index (χ3n) is 2.07. The van der Waals surface area contributed by atoms with Crippen LogP contribution in [0.1, 0.15) is 5.56 Å². The maximum absolute atomic E-state index is 5.39. The number of hydrogen-bond acceptors (Lipinski definition) is 5. The van der Waals surface area contributed by atoms with Crippen molar-refractivity contribution in [1.29, 1.82) is 0 Å². The van der Waals surface area contributed by atoms with Crippen molar-refractivity contribution in [2.24, 2.45) is 5.84 Å². The number of anilines is 1. The molecule has 0 saturated carbocycles. The SMILES string of the molecule is NNc1ncccc1CSc1ccncc1. The molecule has 0 saturated heterocycles. The highest BCUT2D eigenvalue weighted by Gasteiger charge is 2.02. The molecule has 0 unspecified atom stereocenters. The van der Waals surface area contributed by atoms with Crippen LogP contribution in [0.5, 0.6) is 0 Å². The van der Waals surface area contributed by atoms with Crippen LogP contribution >= 0.6 is 11.8 Å². The summed E-state index contributed by atoms with van der Waals surface area (Å²) in [6.45, 7) is 0. The quantitative estimate of drug-likeness (QED) is 0.480. The zero-order chi connectivity index (χ0) is 11.2. The summed E-state index contributed by atoms with van der Waals surface area (Å²) in [5.74, 6) is 6.94. The molecular formula is C11H12N4S. The minimum Gasteiger partial charge on any atom is -0.308 e. The van der Waals surface area contributed by atoms with Gasteiger partial charge in [-0.25, -0.2) is 10.8 Å². The summed E-state index contributed by atoms with van der Waals surface area (Å²) in [6, 6.07) is 7.88. The first kappa shape index (κ1) is 10.9. The van der Waals surface area contributed by atoms with Crippen molar-refractivity contribution in [2.75, 3.05) is 5.43 Å². The lowest BCUT2D eigenvalue weighted by atomic mass is 10.3. The molecule has 2 rings (SSSR count). The number of nitrogen functional groups attached to an aromatic ring is 1. The summed E-state index contributed by atoms with van der Waals surface area (Å²) in [4.78, 5) is 9.31. The van der Waals surface area contributed by atoms with Gasteiger partial charge in [0.15, 0.2) is 0 Å². The van der Waals surface area contributed by atoms with Crippen LogP contribution in [0.25, 0.3) is 0 Å². The summed E-state index contributed by atoms with van der Waals surface area (Å²) >= 11 is 1.73. The van der Waals surface area contributed by atoms with Gasteiger partial charge in [-0.2, -0.15) is 0 Å². The molecule has 4 nitrogen and oxygen atoms in total. The second-order valence-corrected chi connectivity index (χ2v) is 4.18. The van der Waals surface area contributed by atoms with E-state index in [1.54, 1.807) is 30.4 Å². The monoisotopic (exact) mass is 232 g/mol. The van der Waals surface area contributed by atoms with Gasteiger partial charge >= 0.3 is 0 Å². The summed E-state index contributed by atoms with van der Waals surface area (Å²) in [7, 11) is 0. The lowest BCUT2D eigenvalue weighted by Gasteiger charge is -2.06. The van der Waals surface area contributed by atoms with Gasteiger partial charge < -0.3 is 5.43 Å². The van der Waals surface area contributed by atoms with Gasteiger partial charge in [-0.05, 0) is 18.2 Å². The molecule has 0 aliphatic rings. The Morgan fingerprint density at radius 1 is 1.19 bits per heavy atom. The average molecular weight is 232 g/mol. The third kappa shape index (κ3) is 2.71. The fourth-order valence-corrected chi connectivity index (χ4v) is 2.15. The minimum absolute atomic E-state index is 0.726. The zero-order valence-corrected chi connectivity index (χ0v) is 9.45. The number of thioether (sulfide) groups is 1. The standard InChI is InChI=1S/C11H12N4S/c12-15-11-9(2-1-5-14-11)8-16-10-3-6-13-7-4-10/h1-7H,8,12H2,(H,14,15).